The third-order valence-electron chi connectivity index (χ3n) is 14.3. The average Bonchev–Trinajstić information content (AvgIpc) is 3.97. The van der Waals surface area contributed by atoms with E-state index >= 15 is 0 Å². The van der Waals surface area contributed by atoms with E-state index in [0.717, 1.165) is 30.6 Å². The lowest BCUT2D eigenvalue weighted by atomic mass is 9.70. The van der Waals surface area contributed by atoms with Gasteiger partial charge in [0.25, 0.3) is 0 Å². The van der Waals surface area contributed by atoms with Crippen LogP contribution in [0, 0.1) is 0 Å². The Hall–Kier alpha value is -7.68. The zero-order valence-electron chi connectivity index (χ0n) is 35.0. The molecule has 2 heteroatoms. The molecule has 8 aromatic carbocycles. The zero-order valence-corrected chi connectivity index (χ0v) is 35.0. The molecule has 9 aromatic rings. The number of rotatable bonds is 6. The van der Waals surface area contributed by atoms with Crippen molar-refractivity contribution in [3.8, 4) is 27.9 Å². The maximum absolute atomic E-state index is 2.53. The lowest BCUT2D eigenvalue weighted by Crippen LogP contribution is -2.28. The van der Waals surface area contributed by atoms with Gasteiger partial charge in [-0.25, -0.2) is 0 Å². The van der Waals surface area contributed by atoms with E-state index in [2.05, 4.69) is 234 Å². The van der Waals surface area contributed by atoms with Crippen molar-refractivity contribution < 1.29 is 0 Å². The second-order valence-corrected chi connectivity index (χ2v) is 17.4. The van der Waals surface area contributed by atoms with Gasteiger partial charge in [0, 0.05) is 45.2 Å². The lowest BCUT2D eigenvalue weighted by Gasteiger charge is -2.36. The van der Waals surface area contributed by atoms with Crippen molar-refractivity contribution >= 4 is 39.6 Å². The Morgan fingerprint density at radius 1 is 0.508 bits per heavy atom. The van der Waals surface area contributed by atoms with Gasteiger partial charge >= 0.3 is 0 Å². The van der Waals surface area contributed by atoms with Crippen LogP contribution in [-0.4, -0.2) is 4.57 Å². The fourth-order valence-corrected chi connectivity index (χ4v) is 11.6. The first kappa shape index (κ1) is 36.0. The third-order valence-corrected chi connectivity index (χ3v) is 14.3. The van der Waals surface area contributed by atoms with E-state index in [0.29, 0.717) is 5.92 Å². The highest BCUT2D eigenvalue weighted by Crippen LogP contribution is 2.65. The van der Waals surface area contributed by atoms with E-state index in [9.17, 15) is 0 Å². The van der Waals surface area contributed by atoms with Crippen LogP contribution in [-0.2, 0) is 11.8 Å². The van der Waals surface area contributed by atoms with Gasteiger partial charge in [0.1, 0.15) is 0 Å². The third kappa shape index (κ3) is 5.31. The molecule has 63 heavy (non-hydrogen) atoms. The first-order chi connectivity index (χ1) is 31.3. The number of anilines is 3. The Morgan fingerprint density at radius 3 is 1.79 bits per heavy atom. The Bertz CT molecular complexity index is 3300. The molecule has 0 aliphatic heterocycles. The lowest BCUT2D eigenvalue weighted by molar-refractivity contribution is 0.793. The van der Waals surface area contributed by atoms with Gasteiger partial charge in [0.05, 0.1) is 16.6 Å². The van der Waals surface area contributed by atoms with Crippen molar-refractivity contribution in [3.63, 3.8) is 0 Å². The van der Waals surface area contributed by atoms with Crippen LogP contribution in [0.3, 0.4) is 0 Å². The molecule has 13 rings (SSSR count). The molecule has 1 aromatic heterocycles. The molecule has 0 saturated heterocycles. The number of fused-ring (bicyclic) bond motifs is 13. The number of allylic oxidation sites excluding steroid dienone is 5. The first-order valence-electron chi connectivity index (χ1n) is 22.4. The van der Waals surface area contributed by atoms with E-state index < -0.39 is 5.41 Å². The van der Waals surface area contributed by atoms with E-state index in [1.165, 1.54) is 94.7 Å². The predicted octanol–water partition coefficient (Wildman–Crippen LogP) is 15.5. The summed E-state index contributed by atoms with van der Waals surface area (Å²) in [6, 6.07) is 72.8. The number of aromatic nitrogens is 1. The van der Waals surface area contributed by atoms with Gasteiger partial charge in [-0.1, -0.05) is 170 Å². The van der Waals surface area contributed by atoms with Gasteiger partial charge in [-0.2, -0.15) is 0 Å². The highest BCUT2D eigenvalue weighted by atomic mass is 15.1. The van der Waals surface area contributed by atoms with E-state index in [1.807, 2.05) is 0 Å². The van der Waals surface area contributed by atoms with Gasteiger partial charge in [0.15, 0.2) is 0 Å². The van der Waals surface area contributed by atoms with E-state index in [1.54, 1.807) is 0 Å². The highest BCUT2D eigenvalue weighted by molar-refractivity contribution is 6.01. The van der Waals surface area contributed by atoms with Crippen LogP contribution < -0.4 is 4.90 Å². The van der Waals surface area contributed by atoms with Crippen LogP contribution in [0.25, 0.3) is 50.5 Å². The van der Waals surface area contributed by atoms with Crippen LogP contribution in [0.2, 0.25) is 0 Å². The molecule has 1 unspecified atom stereocenters. The Kier molecular flexibility index (Phi) is 8.11. The molecule has 0 amide bonds. The Balaban J connectivity index is 0.987. The number of hydrogen-bond donors (Lipinski definition) is 0. The summed E-state index contributed by atoms with van der Waals surface area (Å²) in [5.74, 6) is 0.382. The molecular weight excluding hydrogens is 761 g/mol. The minimum absolute atomic E-state index is 0.382. The minimum Gasteiger partial charge on any atom is -0.313 e. The zero-order chi connectivity index (χ0) is 41.5. The molecule has 2 nitrogen and oxygen atoms in total. The van der Waals surface area contributed by atoms with Crippen molar-refractivity contribution in [2.24, 2.45) is 0 Å². The molecule has 4 aliphatic rings. The quantitative estimate of drug-likeness (QED) is 0.163. The molecule has 298 valence electrons. The SMILES string of the molecule is C1=CCC(c2ccc(N(c3ccc(C4=Cc5c(n(-c6ccccc6)c6ccccc56)CC4)cc3)c3cccc4c3C3(c5ccccc5-c5ccccc53)c3ccccc3-4)cc2)C=C1. The molecule has 0 N–H and O–H groups in total. The van der Waals surface area contributed by atoms with Crippen LogP contribution in [0.15, 0.2) is 218 Å². The van der Waals surface area contributed by atoms with Crippen molar-refractivity contribution in [1.82, 2.24) is 4.57 Å². The molecule has 1 heterocycles. The standard InChI is InChI=1S/C61H44N2/c1-3-16-41(17-4-1)42-30-35-46(36-31-42)62(47-37-32-43(33-38-47)44-34-39-58-53(40-44)51-23-10-14-28-57(51)63(58)45-18-5-2-6-19-45)59-29-15-24-52-50-22-9-13-27-56(50)61(60(52)59)54-25-11-7-20-48(54)49-21-8-12-26-55(49)61/h1-16,18-33,35-38,40-41H,17,34,39H2. The van der Waals surface area contributed by atoms with Crippen molar-refractivity contribution in [2.75, 3.05) is 4.90 Å². The van der Waals surface area contributed by atoms with Gasteiger partial charge < -0.3 is 9.47 Å². The van der Waals surface area contributed by atoms with Gasteiger partial charge in [-0.15, -0.1) is 0 Å². The topological polar surface area (TPSA) is 8.17 Å². The normalized spacial score (nSPS) is 16.0. The summed E-state index contributed by atoms with van der Waals surface area (Å²) in [5.41, 5.74) is 22.9. The fraction of sp³-hybridized carbons (Fsp3) is 0.0820. The van der Waals surface area contributed by atoms with E-state index in [4.69, 9.17) is 0 Å². The summed E-state index contributed by atoms with van der Waals surface area (Å²) >= 11 is 0. The number of benzene rings is 8. The number of para-hydroxylation sites is 2. The summed E-state index contributed by atoms with van der Waals surface area (Å²) in [6.07, 6.45) is 14.4. The average molecular weight is 805 g/mol. The predicted molar refractivity (Wildman–Crippen MR) is 263 cm³/mol. The molecule has 0 radical (unpaired) electrons. The maximum Gasteiger partial charge on any atom is 0.0746 e. The number of nitrogens with zero attached hydrogens (tertiary/aromatic N) is 2. The molecule has 0 saturated carbocycles. The highest BCUT2D eigenvalue weighted by Gasteiger charge is 2.53. The van der Waals surface area contributed by atoms with Crippen molar-refractivity contribution in [3.05, 3.63) is 263 Å². The Labute approximate surface area is 369 Å². The summed E-state index contributed by atoms with van der Waals surface area (Å²) in [5, 5.41) is 1.31. The van der Waals surface area contributed by atoms with Crippen LogP contribution in [0.5, 0.6) is 0 Å². The molecule has 0 bridgehead atoms. The summed E-state index contributed by atoms with van der Waals surface area (Å²) in [4.78, 5) is 2.53. The van der Waals surface area contributed by atoms with Gasteiger partial charge in [-0.05, 0) is 130 Å². The maximum atomic E-state index is 2.53. The van der Waals surface area contributed by atoms with Crippen LogP contribution >= 0.6 is 0 Å². The molecule has 1 atom stereocenters. The second kappa shape index (κ2) is 14.2. The van der Waals surface area contributed by atoms with Gasteiger partial charge in [0.2, 0.25) is 0 Å². The summed E-state index contributed by atoms with van der Waals surface area (Å²) in [6.45, 7) is 0. The monoisotopic (exact) mass is 804 g/mol. The molecule has 4 aliphatic carbocycles. The van der Waals surface area contributed by atoms with Crippen LogP contribution in [0.4, 0.5) is 17.1 Å². The smallest absolute Gasteiger partial charge is 0.0746 e. The minimum atomic E-state index is -0.476. The Morgan fingerprint density at radius 2 is 1.11 bits per heavy atom. The van der Waals surface area contributed by atoms with Crippen molar-refractivity contribution in [2.45, 2.75) is 30.6 Å². The first-order valence-corrected chi connectivity index (χ1v) is 22.4. The van der Waals surface area contributed by atoms with Crippen LogP contribution in [0.1, 0.15) is 63.4 Å². The van der Waals surface area contributed by atoms with Crippen molar-refractivity contribution in [1.29, 1.82) is 0 Å². The number of hydrogen-bond acceptors (Lipinski definition) is 1. The largest absolute Gasteiger partial charge is 0.313 e. The summed E-state index contributed by atoms with van der Waals surface area (Å²) < 4.78 is 2.47. The molecule has 1 spiro atoms. The van der Waals surface area contributed by atoms with E-state index in [-0.39, 0.29) is 0 Å². The summed E-state index contributed by atoms with van der Waals surface area (Å²) in [7, 11) is 0. The second-order valence-electron chi connectivity index (χ2n) is 17.4. The van der Waals surface area contributed by atoms with Gasteiger partial charge in [-0.3, -0.25) is 0 Å². The molecular formula is C61H44N2. The fourth-order valence-electron chi connectivity index (χ4n) is 11.6. The molecule has 0 fully saturated rings.